The van der Waals surface area contributed by atoms with Crippen LogP contribution in [0.5, 0.6) is 0 Å². The minimum atomic E-state index is 0.639. The number of hydrogen-bond donors (Lipinski definition) is 0. The summed E-state index contributed by atoms with van der Waals surface area (Å²) in [6.07, 6.45) is 4.09. The average Bonchev–Trinajstić information content (AvgIpc) is 2.16. The molecule has 0 aromatic heterocycles. The number of rotatable bonds is 1. The Kier molecular flexibility index (Phi) is 1.88. The Balaban J connectivity index is 2.51. The van der Waals surface area contributed by atoms with Gasteiger partial charge in [-0.2, -0.15) is 0 Å². The fourth-order valence-electron chi connectivity index (χ4n) is 1.49. The van der Waals surface area contributed by atoms with Crippen LogP contribution in [0.1, 0.15) is 27.2 Å². The molecule has 0 unspecified atom stereocenters. The lowest BCUT2D eigenvalue weighted by molar-refractivity contribution is 0.254. The molecule has 0 nitrogen and oxygen atoms in total. The second-order valence-electron chi connectivity index (χ2n) is 3.84. The molecule has 1 rings (SSSR count). The molecule has 1 saturated heterocycles. The van der Waals surface area contributed by atoms with Crippen molar-refractivity contribution in [2.24, 2.45) is 11.3 Å². The van der Waals surface area contributed by atoms with Crippen LogP contribution in [0.2, 0.25) is 12.6 Å². The van der Waals surface area contributed by atoms with E-state index in [1.165, 1.54) is 19.1 Å². The van der Waals surface area contributed by atoms with E-state index in [0.717, 1.165) is 5.92 Å². The lowest BCUT2D eigenvalue weighted by Gasteiger charge is -2.28. The van der Waals surface area contributed by atoms with Gasteiger partial charge in [-0.15, -0.1) is 0 Å². The molecule has 1 aliphatic rings. The average molecular weight is 123 g/mol. The summed E-state index contributed by atoms with van der Waals surface area (Å²) in [4.78, 5) is 0. The van der Waals surface area contributed by atoms with Crippen molar-refractivity contribution in [2.75, 3.05) is 0 Å². The molecule has 9 heavy (non-hydrogen) atoms. The Hall–Kier alpha value is 0.0649. The zero-order valence-electron chi connectivity index (χ0n) is 6.78. The second kappa shape index (κ2) is 2.36. The monoisotopic (exact) mass is 123 g/mol. The molecule has 1 fully saturated rings. The molecule has 0 bridgehead atoms. The SMILES string of the molecule is CC(C)[C@]1(C)C[B]CC1. The van der Waals surface area contributed by atoms with E-state index in [1.54, 1.807) is 0 Å². The van der Waals surface area contributed by atoms with Gasteiger partial charge in [-0.25, -0.2) is 0 Å². The lowest BCUT2D eigenvalue weighted by atomic mass is 9.69. The normalized spacial score (nSPS) is 35.1. The van der Waals surface area contributed by atoms with Gasteiger partial charge >= 0.3 is 0 Å². The van der Waals surface area contributed by atoms with E-state index in [0.29, 0.717) is 5.41 Å². The molecular formula is C8H16B. The predicted molar refractivity (Wildman–Crippen MR) is 42.9 cm³/mol. The van der Waals surface area contributed by atoms with Crippen molar-refractivity contribution in [3.63, 3.8) is 0 Å². The fraction of sp³-hybridized carbons (Fsp3) is 1.00. The summed E-state index contributed by atoms with van der Waals surface area (Å²) in [7, 11) is 2.43. The van der Waals surface area contributed by atoms with Crippen LogP contribution >= 0.6 is 0 Å². The van der Waals surface area contributed by atoms with Gasteiger partial charge in [-0.3, -0.25) is 0 Å². The molecule has 0 spiro atoms. The van der Waals surface area contributed by atoms with Crippen molar-refractivity contribution < 1.29 is 0 Å². The third-order valence-corrected chi connectivity index (χ3v) is 2.92. The molecule has 1 heteroatoms. The van der Waals surface area contributed by atoms with Crippen LogP contribution in [0.3, 0.4) is 0 Å². The summed E-state index contributed by atoms with van der Waals surface area (Å²) in [6.45, 7) is 7.07. The Morgan fingerprint density at radius 3 is 2.33 bits per heavy atom. The van der Waals surface area contributed by atoms with Crippen LogP contribution in [-0.2, 0) is 0 Å². The quantitative estimate of drug-likeness (QED) is 0.470. The number of hydrogen-bond acceptors (Lipinski definition) is 0. The smallest absolute Gasteiger partial charge is 0.0798 e. The summed E-state index contributed by atoms with van der Waals surface area (Å²) in [6, 6.07) is 0. The summed E-state index contributed by atoms with van der Waals surface area (Å²) >= 11 is 0. The molecule has 0 aliphatic carbocycles. The molecule has 1 heterocycles. The molecule has 1 aliphatic heterocycles. The molecule has 0 amide bonds. The first-order valence-corrected chi connectivity index (χ1v) is 3.97. The van der Waals surface area contributed by atoms with Gasteiger partial charge in [0, 0.05) is 0 Å². The third-order valence-electron chi connectivity index (χ3n) is 2.92. The first-order chi connectivity index (χ1) is 4.15. The van der Waals surface area contributed by atoms with Crippen molar-refractivity contribution in [3.8, 4) is 0 Å². The Labute approximate surface area is 59.3 Å². The Morgan fingerprint density at radius 1 is 1.44 bits per heavy atom. The van der Waals surface area contributed by atoms with Crippen LogP contribution < -0.4 is 0 Å². The topological polar surface area (TPSA) is 0 Å². The van der Waals surface area contributed by atoms with Crippen molar-refractivity contribution in [1.82, 2.24) is 0 Å². The maximum atomic E-state index is 2.43. The van der Waals surface area contributed by atoms with Gasteiger partial charge in [0.15, 0.2) is 0 Å². The van der Waals surface area contributed by atoms with Crippen LogP contribution in [0.15, 0.2) is 0 Å². The zero-order chi connectivity index (χ0) is 6.91. The molecule has 1 atom stereocenters. The summed E-state index contributed by atoms with van der Waals surface area (Å²) in [5, 5.41) is 0. The summed E-state index contributed by atoms with van der Waals surface area (Å²) in [5.74, 6) is 0.858. The first kappa shape index (κ1) is 7.18. The Morgan fingerprint density at radius 2 is 2.11 bits per heavy atom. The van der Waals surface area contributed by atoms with E-state index in [4.69, 9.17) is 0 Å². The van der Waals surface area contributed by atoms with Gasteiger partial charge in [0.2, 0.25) is 0 Å². The van der Waals surface area contributed by atoms with Crippen molar-refractivity contribution in [1.29, 1.82) is 0 Å². The maximum absolute atomic E-state index is 2.43. The summed E-state index contributed by atoms with van der Waals surface area (Å²) < 4.78 is 0. The highest BCUT2D eigenvalue weighted by Crippen LogP contribution is 2.41. The van der Waals surface area contributed by atoms with Gasteiger partial charge < -0.3 is 0 Å². The molecule has 1 radical (unpaired) electrons. The minimum absolute atomic E-state index is 0.639. The fourth-order valence-corrected chi connectivity index (χ4v) is 1.49. The minimum Gasteiger partial charge on any atom is -0.0798 e. The summed E-state index contributed by atoms with van der Waals surface area (Å²) in [5.41, 5.74) is 0.639. The van der Waals surface area contributed by atoms with Crippen molar-refractivity contribution in [2.45, 2.75) is 39.8 Å². The van der Waals surface area contributed by atoms with Gasteiger partial charge in [-0.1, -0.05) is 39.8 Å². The van der Waals surface area contributed by atoms with Crippen LogP contribution in [0.4, 0.5) is 0 Å². The van der Waals surface area contributed by atoms with Crippen LogP contribution in [-0.4, -0.2) is 7.28 Å². The molecule has 0 aromatic carbocycles. The van der Waals surface area contributed by atoms with Crippen LogP contribution in [0, 0.1) is 11.3 Å². The van der Waals surface area contributed by atoms with E-state index in [9.17, 15) is 0 Å². The van der Waals surface area contributed by atoms with E-state index in [2.05, 4.69) is 28.1 Å². The molecule has 0 N–H and O–H groups in total. The molecule has 51 valence electrons. The van der Waals surface area contributed by atoms with E-state index in [1.807, 2.05) is 0 Å². The largest absolute Gasteiger partial charge is 0.110 e. The van der Waals surface area contributed by atoms with Gasteiger partial charge in [-0.05, 0) is 11.3 Å². The van der Waals surface area contributed by atoms with E-state index >= 15 is 0 Å². The highest BCUT2D eigenvalue weighted by atomic mass is 14.3. The molecule has 0 aromatic rings. The molecule has 0 saturated carbocycles. The van der Waals surface area contributed by atoms with Gasteiger partial charge in [0.05, 0.1) is 0 Å². The zero-order valence-corrected chi connectivity index (χ0v) is 6.78. The van der Waals surface area contributed by atoms with E-state index < -0.39 is 0 Å². The van der Waals surface area contributed by atoms with Gasteiger partial charge in [0.25, 0.3) is 0 Å². The van der Waals surface area contributed by atoms with Crippen molar-refractivity contribution in [3.05, 3.63) is 0 Å². The molecular weight excluding hydrogens is 107 g/mol. The Bertz CT molecular complexity index is 90.7. The van der Waals surface area contributed by atoms with Crippen LogP contribution in [0.25, 0.3) is 0 Å². The highest BCUT2D eigenvalue weighted by Gasteiger charge is 2.31. The lowest BCUT2D eigenvalue weighted by Crippen LogP contribution is -2.18. The van der Waals surface area contributed by atoms with E-state index in [-0.39, 0.29) is 0 Å². The highest BCUT2D eigenvalue weighted by molar-refractivity contribution is 6.36. The maximum Gasteiger partial charge on any atom is 0.110 e. The predicted octanol–water partition coefficient (Wildman–Crippen LogP) is 2.59. The van der Waals surface area contributed by atoms with Gasteiger partial charge in [0.1, 0.15) is 7.28 Å². The second-order valence-corrected chi connectivity index (χ2v) is 3.84. The van der Waals surface area contributed by atoms with Crippen molar-refractivity contribution >= 4 is 7.28 Å². The third kappa shape index (κ3) is 1.31. The first-order valence-electron chi connectivity index (χ1n) is 3.97. The standard InChI is InChI=1S/C8H16B/c1-7(2)8(3)4-5-9-6-8/h7H,4-6H2,1-3H3/t8-/m0/s1.